The summed E-state index contributed by atoms with van der Waals surface area (Å²) in [5.41, 5.74) is 3.02. The third-order valence-corrected chi connectivity index (χ3v) is 3.93. The second kappa shape index (κ2) is 8.11. The lowest BCUT2D eigenvalue weighted by atomic mass is 10.2. The molecule has 0 saturated heterocycles. The number of aryl methyl sites for hydroxylation is 1. The van der Waals surface area contributed by atoms with Gasteiger partial charge in [-0.15, -0.1) is 0 Å². The average Bonchev–Trinajstić information content (AvgIpc) is 2.68. The van der Waals surface area contributed by atoms with Crippen LogP contribution in [-0.4, -0.2) is 23.0 Å². The molecule has 1 heterocycles. The number of para-hydroxylation sites is 2. The second-order valence-corrected chi connectivity index (χ2v) is 5.72. The first-order chi connectivity index (χ1) is 12.7. The molecule has 0 unspecified atom stereocenters. The molecule has 6 nitrogen and oxygen atoms in total. The molecule has 1 aromatic heterocycles. The number of benzene rings is 2. The topological polar surface area (TPSA) is 76.1 Å². The summed E-state index contributed by atoms with van der Waals surface area (Å²) in [6, 6.07) is 15.3. The number of amides is 1. The van der Waals surface area contributed by atoms with Crippen molar-refractivity contribution in [3.05, 3.63) is 77.7 Å². The minimum absolute atomic E-state index is 0.260. The van der Waals surface area contributed by atoms with Crippen LogP contribution >= 0.6 is 0 Å². The van der Waals surface area contributed by atoms with Crippen molar-refractivity contribution in [2.24, 2.45) is 0 Å². The molecule has 0 aliphatic heterocycles. The predicted octanol–water partition coefficient (Wildman–Crippen LogP) is 3.66. The zero-order valence-corrected chi connectivity index (χ0v) is 14.7. The smallest absolute Gasteiger partial charge is 0.275 e. The van der Waals surface area contributed by atoms with E-state index in [0.717, 1.165) is 22.6 Å². The molecule has 26 heavy (non-hydrogen) atoms. The van der Waals surface area contributed by atoms with Gasteiger partial charge in [0.1, 0.15) is 17.3 Å². The van der Waals surface area contributed by atoms with E-state index in [1.807, 2.05) is 55.5 Å². The van der Waals surface area contributed by atoms with Crippen LogP contribution in [0.1, 0.15) is 21.6 Å². The molecule has 2 N–H and O–H groups in total. The van der Waals surface area contributed by atoms with E-state index in [1.165, 1.54) is 6.20 Å². The highest BCUT2D eigenvalue weighted by molar-refractivity contribution is 6.03. The molecule has 132 valence electrons. The molecule has 1 amide bonds. The highest BCUT2D eigenvalue weighted by atomic mass is 16.5. The van der Waals surface area contributed by atoms with Gasteiger partial charge < -0.3 is 15.4 Å². The van der Waals surface area contributed by atoms with Crippen LogP contribution in [0.2, 0.25) is 0 Å². The molecule has 0 saturated carbocycles. The van der Waals surface area contributed by atoms with Gasteiger partial charge in [0.25, 0.3) is 5.91 Å². The number of nitrogens with one attached hydrogen (secondary N) is 2. The molecule has 3 aromatic rings. The van der Waals surface area contributed by atoms with Gasteiger partial charge in [-0.1, -0.05) is 36.4 Å². The molecule has 0 spiro atoms. The maximum absolute atomic E-state index is 12.3. The van der Waals surface area contributed by atoms with Gasteiger partial charge in [0.05, 0.1) is 19.5 Å². The molecular formula is C20H20N4O2. The third-order valence-electron chi connectivity index (χ3n) is 3.93. The zero-order chi connectivity index (χ0) is 18.4. The Balaban J connectivity index is 1.63. The maximum Gasteiger partial charge on any atom is 0.275 e. The molecule has 0 fully saturated rings. The molecule has 6 heteroatoms. The summed E-state index contributed by atoms with van der Waals surface area (Å²) in [5.74, 6) is 1.11. The van der Waals surface area contributed by atoms with E-state index in [2.05, 4.69) is 20.6 Å². The molecule has 3 rings (SSSR count). The van der Waals surface area contributed by atoms with E-state index in [1.54, 1.807) is 13.3 Å². The van der Waals surface area contributed by atoms with Gasteiger partial charge in [-0.05, 0) is 24.6 Å². The lowest BCUT2D eigenvalue weighted by molar-refractivity contribution is 0.102. The summed E-state index contributed by atoms with van der Waals surface area (Å²) in [5, 5.41) is 6.02. The van der Waals surface area contributed by atoms with E-state index in [-0.39, 0.29) is 11.6 Å². The van der Waals surface area contributed by atoms with E-state index in [9.17, 15) is 4.79 Å². The van der Waals surface area contributed by atoms with Gasteiger partial charge in [0, 0.05) is 17.8 Å². The Kier molecular flexibility index (Phi) is 5.43. The summed E-state index contributed by atoms with van der Waals surface area (Å²) >= 11 is 0. The van der Waals surface area contributed by atoms with Crippen molar-refractivity contribution < 1.29 is 9.53 Å². The Bertz CT molecular complexity index is 894. The Morgan fingerprint density at radius 3 is 2.54 bits per heavy atom. The van der Waals surface area contributed by atoms with Crippen LogP contribution in [-0.2, 0) is 6.54 Å². The largest absolute Gasteiger partial charge is 0.496 e. The number of aromatic nitrogens is 2. The molecule has 2 aromatic carbocycles. The Morgan fingerprint density at radius 1 is 1.04 bits per heavy atom. The quantitative estimate of drug-likeness (QED) is 0.711. The van der Waals surface area contributed by atoms with Gasteiger partial charge in [-0.25, -0.2) is 9.97 Å². The fourth-order valence-corrected chi connectivity index (χ4v) is 2.47. The van der Waals surface area contributed by atoms with Crippen LogP contribution in [0.25, 0.3) is 0 Å². The van der Waals surface area contributed by atoms with Gasteiger partial charge in [0.2, 0.25) is 0 Å². The van der Waals surface area contributed by atoms with Gasteiger partial charge in [-0.2, -0.15) is 0 Å². The number of rotatable bonds is 6. The molecule has 0 radical (unpaired) electrons. The van der Waals surface area contributed by atoms with Crippen LogP contribution in [0.3, 0.4) is 0 Å². The monoisotopic (exact) mass is 348 g/mol. The lowest BCUT2D eigenvalue weighted by Gasteiger charge is -2.10. The number of anilines is 2. The summed E-state index contributed by atoms with van der Waals surface area (Å²) in [7, 11) is 1.64. The molecule has 0 bridgehead atoms. The number of carbonyl (C=O) groups is 1. The fraction of sp³-hybridized carbons (Fsp3) is 0.150. The van der Waals surface area contributed by atoms with Gasteiger partial charge in [-0.3, -0.25) is 4.79 Å². The standard InChI is InChI=1S/C20H20N4O2/c1-14-7-3-5-9-16(14)24-20(25)17-12-23-19(13-21-17)22-11-15-8-4-6-10-18(15)26-2/h3-10,12-13H,11H2,1-2H3,(H,22,23)(H,24,25). The van der Waals surface area contributed by atoms with Crippen LogP contribution in [0.5, 0.6) is 5.75 Å². The van der Waals surface area contributed by atoms with Gasteiger partial charge >= 0.3 is 0 Å². The number of nitrogens with zero attached hydrogens (tertiary/aromatic N) is 2. The molecule has 0 aliphatic carbocycles. The highest BCUT2D eigenvalue weighted by Crippen LogP contribution is 2.18. The van der Waals surface area contributed by atoms with Crippen molar-refractivity contribution in [1.82, 2.24) is 9.97 Å². The molecule has 0 atom stereocenters. The van der Waals surface area contributed by atoms with Crippen molar-refractivity contribution in [3.8, 4) is 5.75 Å². The first kappa shape index (κ1) is 17.4. The van der Waals surface area contributed by atoms with E-state index < -0.39 is 0 Å². The maximum atomic E-state index is 12.3. The minimum atomic E-state index is -0.289. The van der Waals surface area contributed by atoms with Crippen LogP contribution in [0.15, 0.2) is 60.9 Å². The minimum Gasteiger partial charge on any atom is -0.496 e. The van der Waals surface area contributed by atoms with Crippen molar-refractivity contribution in [3.63, 3.8) is 0 Å². The SMILES string of the molecule is COc1ccccc1CNc1cnc(C(=O)Nc2ccccc2C)cn1. The van der Waals surface area contributed by atoms with Gasteiger partial charge in [0.15, 0.2) is 0 Å². The van der Waals surface area contributed by atoms with Crippen molar-refractivity contribution in [2.45, 2.75) is 13.5 Å². The predicted molar refractivity (Wildman–Crippen MR) is 101 cm³/mol. The zero-order valence-electron chi connectivity index (χ0n) is 14.7. The number of methoxy groups -OCH3 is 1. The van der Waals surface area contributed by atoms with E-state index in [0.29, 0.717) is 12.4 Å². The number of ether oxygens (including phenoxy) is 1. The fourth-order valence-electron chi connectivity index (χ4n) is 2.47. The first-order valence-electron chi connectivity index (χ1n) is 8.22. The number of hydrogen-bond donors (Lipinski definition) is 2. The lowest BCUT2D eigenvalue weighted by Crippen LogP contribution is -2.15. The van der Waals surface area contributed by atoms with E-state index in [4.69, 9.17) is 4.74 Å². The summed E-state index contributed by atoms with van der Waals surface area (Å²) in [6.07, 6.45) is 3.00. The molecule has 0 aliphatic rings. The summed E-state index contributed by atoms with van der Waals surface area (Å²) < 4.78 is 5.32. The van der Waals surface area contributed by atoms with Crippen LogP contribution in [0.4, 0.5) is 11.5 Å². The highest BCUT2D eigenvalue weighted by Gasteiger charge is 2.10. The van der Waals surface area contributed by atoms with Crippen LogP contribution in [0, 0.1) is 6.92 Å². The Hall–Kier alpha value is -3.41. The van der Waals surface area contributed by atoms with Crippen molar-refractivity contribution in [2.75, 3.05) is 17.7 Å². The first-order valence-corrected chi connectivity index (χ1v) is 8.22. The summed E-state index contributed by atoms with van der Waals surface area (Å²) in [4.78, 5) is 20.7. The van der Waals surface area contributed by atoms with Crippen molar-refractivity contribution in [1.29, 1.82) is 0 Å². The number of carbonyl (C=O) groups excluding carboxylic acids is 1. The number of hydrogen-bond acceptors (Lipinski definition) is 5. The summed E-state index contributed by atoms with van der Waals surface area (Å²) in [6.45, 7) is 2.49. The molecular weight excluding hydrogens is 328 g/mol. The Labute approximate surface area is 152 Å². The normalized spacial score (nSPS) is 10.2. The second-order valence-electron chi connectivity index (χ2n) is 5.72. The van der Waals surface area contributed by atoms with Crippen LogP contribution < -0.4 is 15.4 Å². The van der Waals surface area contributed by atoms with E-state index >= 15 is 0 Å². The Morgan fingerprint density at radius 2 is 1.81 bits per heavy atom. The third kappa shape index (κ3) is 4.16. The van der Waals surface area contributed by atoms with Crippen molar-refractivity contribution >= 4 is 17.4 Å². The average molecular weight is 348 g/mol.